The molecule has 3 aromatic rings. The molecule has 0 spiro atoms. The molecular formula is C33H35F6N3O. The minimum Gasteiger partial charge on any atom is -0.346 e. The van der Waals surface area contributed by atoms with E-state index in [1.54, 1.807) is 0 Å². The van der Waals surface area contributed by atoms with Gasteiger partial charge in [-0.3, -0.25) is 14.6 Å². The van der Waals surface area contributed by atoms with Crippen LogP contribution in [0.2, 0.25) is 0 Å². The first-order valence-electron chi connectivity index (χ1n) is 14.6. The Morgan fingerprint density at radius 3 is 1.81 bits per heavy atom. The monoisotopic (exact) mass is 603 g/mol. The predicted molar refractivity (Wildman–Crippen MR) is 152 cm³/mol. The third-order valence-corrected chi connectivity index (χ3v) is 8.70. The van der Waals surface area contributed by atoms with Gasteiger partial charge in [-0.2, -0.15) is 26.3 Å². The summed E-state index contributed by atoms with van der Waals surface area (Å²) in [6.07, 6.45) is -7.66. The Bertz CT molecular complexity index is 1330. The van der Waals surface area contributed by atoms with Gasteiger partial charge in [0.1, 0.15) is 0 Å². The number of amides is 1. The number of carbonyl (C=O) groups excluding carboxylic acids is 1. The van der Waals surface area contributed by atoms with Crippen LogP contribution in [-0.2, 0) is 35.7 Å². The average Bonchev–Trinajstić information content (AvgIpc) is 2.98. The summed E-state index contributed by atoms with van der Waals surface area (Å²) in [5.41, 5.74) is -1.76. The van der Waals surface area contributed by atoms with Gasteiger partial charge in [0.2, 0.25) is 5.91 Å². The first-order chi connectivity index (χ1) is 20.4. The van der Waals surface area contributed by atoms with E-state index < -0.39 is 41.3 Å². The van der Waals surface area contributed by atoms with Gasteiger partial charge in [0.15, 0.2) is 0 Å². The Morgan fingerprint density at radius 1 is 0.744 bits per heavy atom. The summed E-state index contributed by atoms with van der Waals surface area (Å²) in [6.45, 7) is 4.73. The Morgan fingerprint density at radius 2 is 1.28 bits per heavy atom. The molecule has 1 aliphatic heterocycles. The number of hydrogen-bond donors (Lipinski definition) is 1. The van der Waals surface area contributed by atoms with Crippen LogP contribution in [0.5, 0.6) is 0 Å². The van der Waals surface area contributed by atoms with Crippen molar-refractivity contribution in [3.63, 3.8) is 0 Å². The highest BCUT2D eigenvalue weighted by Crippen LogP contribution is 2.40. The van der Waals surface area contributed by atoms with Gasteiger partial charge in [0.05, 0.1) is 23.1 Å². The molecule has 1 heterocycles. The third kappa shape index (κ3) is 7.78. The SMILES string of the molecule is O=C(Cc1cc(C(F)(F)F)cc(C(F)(F)F)c1)NC1(c2ccccc2)CCC(N2CCN(Cc3ccccc3)CC2)CC1. The third-order valence-electron chi connectivity index (χ3n) is 8.70. The van der Waals surface area contributed by atoms with E-state index in [4.69, 9.17) is 0 Å². The summed E-state index contributed by atoms with van der Waals surface area (Å²) in [4.78, 5) is 18.2. The number of alkyl halides is 6. The van der Waals surface area contributed by atoms with E-state index in [-0.39, 0.29) is 11.6 Å². The summed E-state index contributed by atoms with van der Waals surface area (Å²) in [6, 6.07) is 21.4. The van der Waals surface area contributed by atoms with Gasteiger partial charge < -0.3 is 5.32 Å². The van der Waals surface area contributed by atoms with Crippen LogP contribution in [0.25, 0.3) is 0 Å². The first kappa shape index (κ1) is 31.1. The lowest BCUT2D eigenvalue weighted by Crippen LogP contribution is -2.55. The zero-order valence-electron chi connectivity index (χ0n) is 23.7. The van der Waals surface area contributed by atoms with E-state index in [1.807, 2.05) is 48.5 Å². The van der Waals surface area contributed by atoms with E-state index in [0.717, 1.165) is 51.1 Å². The minimum absolute atomic E-state index is 0.0790. The Kier molecular flexibility index (Phi) is 9.18. The molecule has 0 radical (unpaired) electrons. The minimum atomic E-state index is -4.97. The van der Waals surface area contributed by atoms with Crippen molar-refractivity contribution in [1.29, 1.82) is 0 Å². The fourth-order valence-corrected chi connectivity index (χ4v) is 6.45. The highest BCUT2D eigenvalue weighted by Gasteiger charge is 2.41. The molecule has 2 fully saturated rings. The lowest BCUT2D eigenvalue weighted by molar-refractivity contribution is -0.143. The number of carbonyl (C=O) groups is 1. The standard InChI is InChI=1S/C33H35F6N3O/c34-32(35,36)27-19-25(20-28(22-27)33(37,38)39)21-30(43)40-31(26-9-5-2-6-10-26)13-11-29(12-14-31)42-17-15-41(16-18-42)23-24-7-3-1-4-8-24/h1-10,19-20,22,29H,11-18,21,23H2,(H,40,43). The van der Waals surface area contributed by atoms with E-state index in [1.165, 1.54) is 5.56 Å². The number of rotatable bonds is 7. The van der Waals surface area contributed by atoms with Gasteiger partial charge in [0, 0.05) is 38.8 Å². The molecule has 0 atom stereocenters. The number of benzene rings is 3. The summed E-state index contributed by atoms with van der Waals surface area (Å²) in [5, 5.41) is 3.04. The molecule has 0 aromatic heterocycles. The van der Waals surface area contributed by atoms with E-state index >= 15 is 0 Å². The fraction of sp³-hybridized carbons (Fsp3) is 0.424. The molecule has 4 nitrogen and oxygen atoms in total. The van der Waals surface area contributed by atoms with Crippen molar-refractivity contribution < 1.29 is 31.1 Å². The molecule has 10 heteroatoms. The Hall–Kier alpha value is -3.37. The van der Waals surface area contributed by atoms with Crippen molar-refractivity contribution in [3.8, 4) is 0 Å². The molecule has 3 aromatic carbocycles. The van der Waals surface area contributed by atoms with Crippen LogP contribution in [0.1, 0.15) is 53.5 Å². The molecule has 1 saturated carbocycles. The quantitative estimate of drug-likeness (QED) is 0.295. The molecule has 230 valence electrons. The van der Waals surface area contributed by atoms with Gasteiger partial charge in [-0.25, -0.2) is 0 Å². The van der Waals surface area contributed by atoms with Gasteiger partial charge in [-0.1, -0.05) is 60.7 Å². The zero-order chi connectivity index (χ0) is 30.7. The van der Waals surface area contributed by atoms with Gasteiger partial charge in [-0.05, 0) is 60.6 Å². The zero-order valence-corrected chi connectivity index (χ0v) is 23.7. The molecule has 0 unspecified atom stereocenters. The summed E-state index contributed by atoms with van der Waals surface area (Å²) >= 11 is 0. The number of piperazine rings is 1. The maximum atomic E-state index is 13.4. The van der Waals surface area contributed by atoms with Crippen molar-refractivity contribution in [2.24, 2.45) is 0 Å². The number of nitrogens with zero attached hydrogens (tertiary/aromatic N) is 2. The summed E-state index contributed by atoms with van der Waals surface area (Å²) < 4.78 is 80.2. The van der Waals surface area contributed by atoms with Crippen molar-refractivity contribution in [2.45, 2.75) is 62.6 Å². The van der Waals surface area contributed by atoms with Gasteiger partial charge >= 0.3 is 12.4 Å². The van der Waals surface area contributed by atoms with E-state index in [0.29, 0.717) is 31.0 Å². The topological polar surface area (TPSA) is 35.6 Å². The number of halogens is 6. The largest absolute Gasteiger partial charge is 0.416 e. The van der Waals surface area contributed by atoms with E-state index in [2.05, 4.69) is 27.2 Å². The van der Waals surface area contributed by atoms with Crippen molar-refractivity contribution in [2.75, 3.05) is 26.2 Å². The van der Waals surface area contributed by atoms with Gasteiger partial charge in [-0.15, -0.1) is 0 Å². The molecule has 43 heavy (non-hydrogen) atoms. The molecule has 1 N–H and O–H groups in total. The predicted octanol–water partition coefficient (Wildman–Crippen LogP) is 7.04. The lowest BCUT2D eigenvalue weighted by atomic mass is 9.74. The maximum Gasteiger partial charge on any atom is 0.416 e. The second-order valence-corrected chi connectivity index (χ2v) is 11.6. The first-order valence-corrected chi connectivity index (χ1v) is 14.6. The van der Waals surface area contributed by atoms with Crippen molar-refractivity contribution in [3.05, 3.63) is 107 Å². The van der Waals surface area contributed by atoms with Crippen LogP contribution >= 0.6 is 0 Å². The fourth-order valence-electron chi connectivity index (χ4n) is 6.45. The average molecular weight is 604 g/mol. The molecule has 1 aliphatic carbocycles. The van der Waals surface area contributed by atoms with Crippen molar-refractivity contribution >= 4 is 5.91 Å². The number of hydrogen-bond acceptors (Lipinski definition) is 3. The van der Waals surface area contributed by atoms with E-state index in [9.17, 15) is 31.1 Å². The smallest absolute Gasteiger partial charge is 0.346 e. The van der Waals surface area contributed by atoms with Gasteiger partial charge in [0.25, 0.3) is 0 Å². The van der Waals surface area contributed by atoms with Crippen LogP contribution in [0.3, 0.4) is 0 Å². The van der Waals surface area contributed by atoms with Crippen LogP contribution < -0.4 is 5.32 Å². The van der Waals surface area contributed by atoms with Crippen LogP contribution in [0.4, 0.5) is 26.3 Å². The maximum absolute atomic E-state index is 13.4. The highest BCUT2D eigenvalue weighted by atomic mass is 19.4. The molecule has 1 amide bonds. The summed E-state index contributed by atoms with van der Waals surface area (Å²) in [7, 11) is 0. The summed E-state index contributed by atoms with van der Waals surface area (Å²) in [5.74, 6) is -0.607. The van der Waals surface area contributed by atoms with Crippen LogP contribution in [-0.4, -0.2) is 47.9 Å². The van der Waals surface area contributed by atoms with Crippen LogP contribution in [0, 0.1) is 0 Å². The number of nitrogens with one attached hydrogen (secondary N) is 1. The molecular weight excluding hydrogens is 568 g/mol. The molecule has 2 aliphatic rings. The molecule has 1 saturated heterocycles. The Labute approximate surface area is 247 Å². The van der Waals surface area contributed by atoms with Crippen LogP contribution in [0.15, 0.2) is 78.9 Å². The highest BCUT2D eigenvalue weighted by molar-refractivity contribution is 5.79. The van der Waals surface area contributed by atoms with Crippen molar-refractivity contribution in [1.82, 2.24) is 15.1 Å². The second kappa shape index (κ2) is 12.7. The molecule has 0 bridgehead atoms. The Balaban J connectivity index is 1.25. The molecule has 5 rings (SSSR count). The normalized spacial score (nSPS) is 22.3. The second-order valence-electron chi connectivity index (χ2n) is 11.6. The lowest BCUT2D eigenvalue weighted by Gasteiger charge is -2.46.